The van der Waals surface area contributed by atoms with E-state index in [1.807, 2.05) is 0 Å². The fourth-order valence-electron chi connectivity index (χ4n) is 3.06. The monoisotopic (exact) mass is 211 g/mol. The molecule has 3 nitrogen and oxygen atoms in total. The third kappa shape index (κ3) is 2.71. The molecular formula is C12H25N3. The summed E-state index contributed by atoms with van der Waals surface area (Å²) in [6.45, 7) is 2.52. The molecule has 2 fully saturated rings. The molecule has 1 saturated heterocycles. The molecule has 0 spiro atoms. The molecule has 0 aromatic rings. The zero-order valence-corrected chi connectivity index (χ0v) is 10.2. The van der Waals surface area contributed by atoms with Crippen molar-refractivity contribution in [3.8, 4) is 0 Å². The van der Waals surface area contributed by atoms with Crippen LogP contribution in [0.1, 0.15) is 32.1 Å². The second kappa shape index (κ2) is 4.81. The van der Waals surface area contributed by atoms with E-state index in [1.54, 1.807) is 0 Å². The highest BCUT2D eigenvalue weighted by molar-refractivity contribution is 4.88. The van der Waals surface area contributed by atoms with E-state index in [0.29, 0.717) is 6.04 Å². The molecule has 2 rings (SSSR count). The van der Waals surface area contributed by atoms with E-state index < -0.39 is 0 Å². The molecule has 2 N–H and O–H groups in total. The average Bonchev–Trinajstić information content (AvgIpc) is 2.65. The molecule has 1 aliphatic carbocycles. The number of rotatable bonds is 2. The predicted octanol–water partition coefficient (Wildman–Crippen LogP) is 0.892. The third-order valence-electron chi connectivity index (χ3n) is 4.29. The molecule has 88 valence electrons. The fourth-order valence-corrected chi connectivity index (χ4v) is 3.06. The number of likely N-dealkylation sites (tertiary alicyclic amines) is 1. The highest BCUT2D eigenvalue weighted by Gasteiger charge is 2.30. The molecule has 0 aromatic carbocycles. The molecule has 2 atom stereocenters. The van der Waals surface area contributed by atoms with Gasteiger partial charge >= 0.3 is 0 Å². The van der Waals surface area contributed by atoms with E-state index in [1.165, 1.54) is 45.2 Å². The second-order valence-corrected chi connectivity index (χ2v) is 5.43. The zero-order valence-electron chi connectivity index (χ0n) is 10.2. The minimum Gasteiger partial charge on any atom is -0.328 e. The van der Waals surface area contributed by atoms with Crippen molar-refractivity contribution in [1.82, 2.24) is 9.80 Å². The van der Waals surface area contributed by atoms with Gasteiger partial charge in [0.1, 0.15) is 0 Å². The Morgan fingerprint density at radius 1 is 1.07 bits per heavy atom. The van der Waals surface area contributed by atoms with Crippen molar-refractivity contribution in [2.45, 2.75) is 50.2 Å². The van der Waals surface area contributed by atoms with E-state index in [9.17, 15) is 0 Å². The maximum atomic E-state index is 5.98. The lowest BCUT2D eigenvalue weighted by atomic mass is 10.0. The van der Waals surface area contributed by atoms with Crippen LogP contribution in [0.3, 0.4) is 0 Å². The molecule has 3 heteroatoms. The van der Waals surface area contributed by atoms with Crippen molar-refractivity contribution in [3.63, 3.8) is 0 Å². The summed E-state index contributed by atoms with van der Waals surface area (Å²) >= 11 is 0. The number of hydrogen-bond donors (Lipinski definition) is 1. The van der Waals surface area contributed by atoms with Gasteiger partial charge in [-0.2, -0.15) is 0 Å². The predicted molar refractivity (Wildman–Crippen MR) is 63.9 cm³/mol. The lowest BCUT2D eigenvalue weighted by Gasteiger charge is -2.38. The highest BCUT2D eigenvalue weighted by atomic mass is 15.2. The first-order valence-electron chi connectivity index (χ1n) is 6.33. The second-order valence-electron chi connectivity index (χ2n) is 5.43. The summed E-state index contributed by atoms with van der Waals surface area (Å²) in [6.07, 6.45) is 6.41. The van der Waals surface area contributed by atoms with Gasteiger partial charge in [0.2, 0.25) is 0 Å². The summed E-state index contributed by atoms with van der Waals surface area (Å²) < 4.78 is 0. The molecule has 0 bridgehead atoms. The van der Waals surface area contributed by atoms with Crippen LogP contribution in [0.2, 0.25) is 0 Å². The summed E-state index contributed by atoms with van der Waals surface area (Å²) in [5, 5.41) is 0. The molecule has 15 heavy (non-hydrogen) atoms. The van der Waals surface area contributed by atoms with Gasteiger partial charge in [0.05, 0.1) is 0 Å². The number of hydrogen-bond acceptors (Lipinski definition) is 3. The van der Waals surface area contributed by atoms with Crippen LogP contribution in [0, 0.1) is 0 Å². The first-order valence-corrected chi connectivity index (χ1v) is 6.33. The molecule has 0 radical (unpaired) electrons. The number of nitrogens with zero attached hydrogens (tertiary/aromatic N) is 2. The smallest absolute Gasteiger partial charge is 0.0119 e. The largest absolute Gasteiger partial charge is 0.328 e. The summed E-state index contributed by atoms with van der Waals surface area (Å²) in [5.74, 6) is 0. The zero-order chi connectivity index (χ0) is 10.8. The van der Waals surface area contributed by atoms with Gasteiger partial charge < -0.3 is 15.5 Å². The molecule has 1 heterocycles. The van der Waals surface area contributed by atoms with Crippen LogP contribution in [-0.2, 0) is 0 Å². The van der Waals surface area contributed by atoms with Crippen LogP contribution in [0.5, 0.6) is 0 Å². The van der Waals surface area contributed by atoms with Crippen molar-refractivity contribution in [1.29, 1.82) is 0 Å². The SMILES string of the molecule is CN1CCC(N(C)C2CCC(N)C2)CC1. The van der Waals surface area contributed by atoms with Crippen LogP contribution in [0.25, 0.3) is 0 Å². The molecule has 0 amide bonds. The Hall–Kier alpha value is -0.120. The van der Waals surface area contributed by atoms with Crippen molar-refractivity contribution in [3.05, 3.63) is 0 Å². The Balaban J connectivity index is 1.82. The third-order valence-corrected chi connectivity index (χ3v) is 4.29. The Labute approximate surface area is 93.6 Å². The van der Waals surface area contributed by atoms with Crippen LogP contribution in [0.15, 0.2) is 0 Å². The van der Waals surface area contributed by atoms with E-state index in [-0.39, 0.29) is 0 Å². The molecule has 0 aromatic heterocycles. The Bertz CT molecular complexity index is 199. The van der Waals surface area contributed by atoms with Crippen molar-refractivity contribution >= 4 is 0 Å². The number of nitrogens with two attached hydrogens (primary N) is 1. The van der Waals surface area contributed by atoms with Gasteiger partial charge in [-0.3, -0.25) is 0 Å². The van der Waals surface area contributed by atoms with Gasteiger partial charge in [0, 0.05) is 18.1 Å². The quantitative estimate of drug-likeness (QED) is 0.736. The summed E-state index contributed by atoms with van der Waals surface area (Å²) in [5.41, 5.74) is 5.98. The maximum Gasteiger partial charge on any atom is 0.0119 e. The fraction of sp³-hybridized carbons (Fsp3) is 1.00. The Morgan fingerprint density at radius 3 is 2.27 bits per heavy atom. The minimum absolute atomic E-state index is 0.462. The summed E-state index contributed by atoms with van der Waals surface area (Å²) in [7, 11) is 4.53. The van der Waals surface area contributed by atoms with Crippen LogP contribution in [-0.4, -0.2) is 55.1 Å². The summed E-state index contributed by atoms with van der Waals surface area (Å²) in [4.78, 5) is 5.05. The highest BCUT2D eigenvalue weighted by Crippen LogP contribution is 2.26. The van der Waals surface area contributed by atoms with Crippen molar-refractivity contribution in [2.24, 2.45) is 5.73 Å². The molecule has 2 aliphatic rings. The van der Waals surface area contributed by atoms with Crippen molar-refractivity contribution in [2.75, 3.05) is 27.2 Å². The van der Waals surface area contributed by atoms with E-state index in [0.717, 1.165) is 12.1 Å². The topological polar surface area (TPSA) is 32.5 Å². The first-order chi connectivity index (χ1) is 7.16. The average molecular weight is 211 g/mol. The normalized spacial score (nSPS) is 35.2. The lowest BCUT2D eigenvalue weighted by Crippen LogP contribution is -2.45. The molecule has 1 saturated carbocycles. The Morgan fingerprint density at radius 2 is 1.73 bits per heavy atom. The molecule has 1 aliphatic heterocycles. The molecule has 2 unspecified atom stereocenters. The van der Waals surface area contributed by atoms with E-state index in [2.05, 4.69) is 23.9 Å². The summed E-state index contributed by atoms with van der Waals surface area (Å²) in [6, 6.07) is 2.02. The van der Waals surface area contributed by atoms with E-state index >= 15 is 0 Å². The number of piperidine rings is 1. The van der Waals surface area contributed by atoms with Gasteiger partial charge in [-0.05, 0) is 59.3 Å². The standard InChI is InChI=1S/C12H25N3/c1-14-7-5-11(6-8-14)15(2)12-4-3-10(13)9-12/h10-12H,3-9,13H2,1-2H3. The van der Waals surface area contributed by atoms with Crippen LogP contribution >= 0.6 is 0 Å². The van der Waals surface area contributed by atoms with Gasteiger partial charge in [-0.15, -0.1) is 0 Å². The van der Waals surface area contributed by atoms with Gasteiger partial charge in [0.15, 0.2) is 0 Å². The first kappa shape index (κ1) is 11.4. The van der Waals surface area contributed by atoms with Gasteiger partial charge in [-0.1, -0.05) is 0 Å². The minimum atomic E-state index is 0.462. The molecular weight excluding hydrogens is 186 g/mol. The van der Waals surface area contributed by atoms with E-state index in [4.69, 9.17) is 5.73 Å². The van der Waals surface area contributed by atoms with Crippen molar-refractivity contribution < 1.29 is 0 Å². The Kier molecular flexibility index (Phi) is 3.65. The maximum absolute atomic E-state index is 5.98. The van der Waals surface area contributed by atoms with Gasteiger partial charge in [-0.25, -0.2) is 0 Å². The van der Waals surface area contributed by atoms with Crippen LogP contribution in [0.4, 0.5) is 0 Å². The van der Waals surface area contributed by atoms with Gasteiger partial charge in [0.25, 0.3) is 0 Å². The lowest BCUT2D eigenvalue weighted by molar-refractivity contribution is 0.108. The van der Waals surface area contributed by atoms with Crippen LogP contribution < -0.4 is 5.73 Å².